The summed E-state index contributed by atoms with van der Waals surface area (Å²) >= 11 is 0. The van der Waals surface area contributed by atoms with Crippen LogP contribution in [0, 0.1) is 5.82 Å². The van der Waals surface area contributed by atoms with E-state index in [1.54, 1.807) is 54.6 Å². The summed E-state index contributed by atoms with van der Waals surface area (Å²) in [6, 6.07) is 18.9. The van der Waals surface area contributed by atoms with Gasteiger partial charge in [0.25, 0.3) is 5.56 Å². The van der Waals surface area contributed by atoms with E-state index in [2.05, 4.69) is 9.97 Å². The van der Waals surface area contributed by atoms with Crippen LogP contribution >= 0.6 is 0 Å². The van der Waals surface area contributed by atoms with Gasteiger partial charge in [-0.1, -0.05) is 30.3 Å². The van der Waals surface area contributed by atoms with Crippen molar-refractivity contribution in [3.63, 3.8) is 0 Å². The Bertz CT molecular complexity index is 1220. The number of benzene rings is 3. The van der Waals surface area contributed by atoms with Crippen molar-refractivity contribution in [2.45, 2.75) is 13.5 Å². The smallest absolute Gasteiger partial charge is 0.259 e. The maximum Gasteiger partial charge on any atom is 0.259 e. The first kappa shape index (κ1) is 18.7. The molecule has 0 unspecified atom stereocenters. The first-order valence-corrected chi connectivity index (χ1v) is 9.28. The molecule has 3 aromatic carbocycles. The van der Waals surface area contributed by atoms with Crippen LogP contribution in [0.4, 0.5) is 4.39 Å². The van der Waals surface area contributed by atoms with Crippen LogP contribution in [-0.2, 0) is 6.61 Å². The average Bonchev–Trinajstić information content (AvgIpc) is 2.74. The van der Waals surface area contributed by atoms with Crippen molar-refractivity contribution in [3.05, 3.63) is 88.5 Å². The van der Waals surface area contributed by atoms with Gasteiger partial charge in [0.1, 0.15) is 18.2 Å². The first-order chi connectivity index (χ1) is 14.2. The van der Waals surface area contributed by atoms with Crippen molar-refractivity contribution in [2.24, 2.45) is 0 Å². The SMILES string of the molecule is CCOc1cc(-c2nc3ccccc3c(=O)[nH]2)ccc1OCc1ccccc1F. The molecule has 0 amide bonds. The van der Waals surface area contributed by atoms with E-state index in [-0.39, 0.29) is 18.0 Å². The van der Waals surface area contributed by atoms with Gasteiger partial charge in [0, 0.05) is 11.1 Å². The van der Waals surface area contributed by atoms with E-state index in [9.17, 15) is 9.18 Å². The Morgan fingerprint density at radius 3 is 2.59 bits per heavy atom. The van der Waals surface area contributed by atoms with E-state index in [0.29, 0.717) is 46.0 Å². The number of aromatic nitrogens is 2. The molecule has 0 atom stereocenters. The summed E-state index contributed by atoms with van der Waals surface area (Å²) in [6.07, 6.45) is 0. The predicted molar refractivity (Wildman–Crippen MR) is 110 cm³/mol. The number of rotatable bonds is 6. The van der Waals surface area contributed by atoms with Crippen LogP contribution in [0.1, 0.15) is 12.5 Å². The Balaban J connectivity index is 1.67. The summed E-state index contributed by atoms with van der Waals surface area (Å²) in [4.78, 5) is 19.7. The van der Waals surface area contributed by atoms with Crippen molar-refractivity contribution in [1.82, 2.24) is 9.97 Å². The third-order valence-electron chi connectivity index (χ3n) is 4.47. The average molecular weight is 390 g/mol. The van der Waals surface area contributed by atoms with Gasteiger partial charge in [-0.05, 0) is 43.3 Å². The number of fused-ring (bicyclic) bond motifs is 1. The van der Waals surface area contributed by atoms with Gasteiger partial charge >= 0.3 is 0 Å². The zero-order chi connectivity index (χ0) is 20.2. The molecular weight excluding hydrogens is 371 g/mol. The quantitative estimate of drug-likeness (QED) is 0.518. The van der Waals surface area contributed by atoms with Crippen molar-refractivity contribution in [2.75, 3.05) is 6.61 Å². The molecule has 0 aliphatic heterocycles. The molecule has 0 aliphatic carbocycles. The molecule has 4 rings (SSSR count). The Labute approximate surface area is 166 Å². The number of hydrogen-bond donors (Lipinski definition) is 1. The molecule has 1 aromatic heterocycles. The van der Waals surface area contributed by atoms with Gasteiger partial charge in [0.05, 0.1) is 17.5 Å². The van der Waals surface area contributed by atoms with Crippen LogP contribution in [0.5, 0.6) is 11.5 Å². The number of ether oxygens (including phenoxy) is 2. The monoisotopic (exact) mass is 390 g/mol. The van der Waals surface area contributed by atoms with Crippen LogP contribution in [-0.4, -0.2) is 16.6 Å². The molecule has 146 valence electrons. The van der Waals surface area contributed by atoms with Crippen molar-refractivity contribution in [3.8, 4) is 22.9 Å². The maximum absolute atomic E-state index is 13.8. The van der Waals surface area contributed by atoms with Gasteiger partial charge in [0.15, 0.2) is 11.5 Å². The third-order valence-corrected chi connectivity index (χ3v) is 4.47. The third kappa shape index (κ3) is 3.96. The van der Waals surface area contributed by atoms with Crippen molar-refractivity contribution in [1.29, 1.82) is 0 Å². The lowest BCUT2D eigenvalue weighted by molar-refractivity contribution is 0.266. The second-order valence-corrected chi connectivity index (χ2v) is 6.41. The van der Waals surface area contributed by atoms with Gasteiger partial charge in [0.2, 0.25) is 0 Å². The molecule has 0 saturated carbocycles. The lowest BCUT2D eigenvalue weighted by atomic mass is 10.1. The summed E-state index contributed by atoms with van der Waals surface area (Å²) in [5, 5.41) is 0.533. The summed E-state index contributed by atoms with van der Waals surface area (Å²) in [6.45, 7) is 2.38. The second-order valence-electron chi connectivity index (χ2n) is 6.41. The summed E-state index contributed by atoms with van der Waals surface area (Å²) in [5.41, 5.74) is 1.56. The van der Waals surface area contributed by atoms with Gasteiger partial charge in [-0.25, -0.2) is 9.37 Å². The van der Waals surface area contributed by atoms with Gasteiger partial charge in [-0.3, -0.25) is 4.79 Å². The van der Waals surface area contributed by atoms with E-state index in [1.807, 2.05) is 13.0 Å². The summed E-state index contributed by atoms with van der Waals surface area (Å²) < 4.78 is 25.3. The topological polar surface area (TPSA) is 64.2 Å². The summed E-state index contributed by atoms with van der Waals surface area (Å²) in [7, 11) is 0. The molecule has 1 N–H and O–H groups in total. The number of para-hydroxylation sites is 1. The number of H-pyrrole nitrogens is 1. The molecule has 0 radical (unpaired) electrons. The fourth-order valence-corrected chi connectivity index (χ4v) is 3.04. The molecular formula is C23H19FN2O3. The summed E-state index contributed by atoms with van der Waals surface area (Å²) in [5.74, 6) is 1.11. The predicted octanol–water partition coefficient (Wildman–Crippen LogP) is 4.71. The van der Waals surface area contributed by atoms with Crippen LogP contribution in [0.3, 0.4) is 0 Å². The highest BCUT2D eigenvalue weighted by atomic mass is 19.1. The highest BCUT2D eigenvalue weighted by Crippen LogP contribution is 2.32. The molecule has 0 aliphatic rings. The Morgan fingerprint density at radius 1 is 0.966 bits per heavy atom. The van der Waals surface area contributed by atoms with Crippen LogP contribution < -0.4 is 15.0 Å². The van der Waals surface area contributed by atoms with Gasteiger partial charge < -0.3 is 14.5 Å². The number of halogens is 1. The van der Waals surface area contributed by atoms with Crippen LogP contribution in [0.25, 0.3) is 22.3 Å². The fourth-order valence-electron chi connectivity index (χ4n) is 3.04. The number of aromatic amines is 1. The largest absolute Gasteiger partial charge is 0.490 e. The van der Waals surface area contributed by atoms with Crippen molar-refractivity contribution >= 4 is 10.9 Å². The zero-order valence-corrected chi connectivity index (χ0v) is 15.8. The molecule has 1 heterocycles. The standard InChI is InChI=1S/C23H19FN2O3/c1-2-28-21-13-15(22-25-19-10-6-4-8-17(19)23(27)26-22)11-12-20(21)29-14-16-7-3-5-9-18(16)24/h3-13H,2,14H2,1H3,(H,25,26,27). The maximum atomic E-state index is 13.8. The fraction of sp³-hybridized carbons (Fsp3) is 0.130. The minimum Gasteiger partial charge on any atom is -0.490 e. The minimum absolute atomic E-state index is 0.0805. The van der Waals surface area contributed by atoms with Crippen molar-refractivity contribution < 1.29 is 13.9 Å². The Kier molecular flexibility index (Phi) is 5.24. The Morgan fingerprint density at radius 2 is 1.76 bits per heavy atom. The molecule has 6 heteroatoms. The molecule has 0 saturated heterocycles. The first-order valence-electron chi connectivity index (χ1n) is 9.28. The molecule has 0 spiro atoms. The zero-order valence-electron chi connectivity index (χ0n) is 15.8. The molecule has 29 heavy (non-hydrogen) atoms. The van der Waals surface area contributed by atoms with E-state index in [0.717, 1.165) is 0 Å². The van der Waals surface area contributed by atoms with Gasteiger partial charge in [-0.15, -0.1) is 0 Å². The lowest BCUT2D eigenvalue weighted by Gasteiger charge is -2.14. The molecule has 4 aromatic rings. The van der Waals surface area contributed by atoms with Crippen LogP contribution in [0.15, 0.2) is 71.5 Å². The highest BCUT2D eigenvalue weighted by molar-refractivity contribution is 5.79. The lowest BCUT2D eigenvalue weighted by Crippen LogP contribution is -2.09. The number of nitrogens with one attached hydrogen (secondary N) is 1. The van der Waals surface area contributed by atoms with Crippen LogP contribution in [0.2, 0.25) is 0 Å². The van der Waals surface area contributed by atoms with E-state index in [1.165, 1.54) is 6.07 Å². The van der Waals surface area contributed by atoms with Gasteiger partial charge in [-0.2, -0.15) is 0 Å². The second kappa shape index (κ2) is 8.14. The normalized spacial score (nSPS) is 10.8. The minimum atomic E-state index is -0.319. The van der Waals surface area contributed by atoms with E-state index < -0.39 is 0 Å². The number of hydrogen-bond acceptors (Lipinski definition) is 4. The highest BCUT2D eigenvalue weighted by Gasteiger charge is 2.12. The Hall–Kier alpha value is -3.67. The van der Waals surface area contributed by atoms with E-state index >= 15 is 0 Å². The molecule has 5 nitrogen and oxygen atoms in total. The number of nitrogens with zero attached hydrogens (tertiary/aromatic N) is 1. The van der Waals surface area contributed by atoms with E-state index in [4.69, 9.17) is 9.47 Å². The molecule has 0 fully saturated rings. The molecule has 0 bridgehead atoms.